The van der Waals surface area contributed by atoms with Crippen LogP contribution < -0.4 is 5.32 Å². The SMILES string of the molecule is CSC1(CNC(=O)N2CCC[C@@H]2Cc2ccccc2)CCOCC1. The van der Waals surface area contributed by atoms with Crippen LogP contribution in [-0.2, 0) is 11.2 Å². The first kappa shape index (κ1) is 17.6. The molecule has 5 heteroatoms. The fourth-order valence-electron chi connectivity index (χ4n) is 3.74. The molecule has 0 bridgehead atoms. The maximum absolute atomic E-state index is 12.7. The number of thioether (sulfide) groups is 1. The number of benzene rings is 1. The molecule has 2 fully saturated rings. The molecule has 2 aliphatic rings. The number of likely N-dealkylation sites (tertiary alicyclic amines) is 1. The molecule has 24 heavy (non-hydrogen) atoms. The topological polar surface area (TPSA) is 41.6 Å². The molecule has 0 aromatic heterocycles. The molecule has 2 amide bonds. The minimum atomic E-state index is 0.105. The summed E-state index contributed by atoms with van der Waals surface area (Å²) in [4.78, 5) is 14.8. The van der Waals surface area contributed by atoms with E-state index in [1.54, 1.807) is 0 Å². The van der Waals surface area contributed by atoms with Crippen molar-refractivity contribution in [1.82, 2.24) is 10.2 Å². The summed E-state index contributed by atoms with van der Waals surface area (Å²) in [7, 11) is 0. The Morgan fingerprint density at radius 2 is 2.08 bits per heavy atom. The van der Waals surface area contributed by atoms with Gasteiger partial charge in [0, 0.05) is 37.1 Å². The van der Waals surface area contributed by atoms with Crippen LogP contribution in [0.15, 0.2) is 30.3 Å². The van der Waals surface area contributed by atoms with Crippen LogP contribution in [0.3, 0.4) is 0 Å². The molecule has 0 radical (unpaired) electrons. The van der Waals surface area contributed by atoms with E-state index in [9.17, 15) is 4.79 Å². The van der Waals surface area contributed by atoms with Crippen LogP contribution in [0.2, 0.25) is 0 Å². The standard InChI is InChI=1S/C19H28N2O2S/c1-24-19(9-12-23-13-10-19)15-20-18(22)21-11-5-8-17(21)14-16-6-3-2-4-7-16/h2-4,6-7,17H,5,8-15H2,1H3,(H,20,22)/t17-/m1/s1. The Kier molecular flexibility index (Phi) is 6.06. The smallest absolute Gasteiger partial charge is 0.317 e. The van der Waals surface area contributed by atoms with E-state index in [2.05, 4.69) is 35.8 Å². The van der Waals surface area contributed by atoms with Gasteiger partial charge in [-0.1, -0.05) is 30.3 Å². The van der Waals surface area contributed by atoms with Gasteiger partial charge in [0.25, 0.3) is 0 Å². The number of rotatable bonds is 5. The van der Waals surface area contributed by atoms with Crippen LogP contribution in [0.25, 0.3) is 0 Å². The third kappa shape index (κ3) is 4.25. The molecular weight excluding hydrogens is 320 g/mol. The number of nitrogens with zero attached hydrogens (tertiary/aromatic N) is 1. The Labute approximate surface area is 149 Å². The number of hydrogen-bond acceptors (Lipinski definition) is 3. The summed E-state index contributed by atoms with van der Waals surface area (Å²) in [6, 6.07) is 10.9. The molecule has 4 nitrogen and oxygen atoms in total. The van der Waals surface area contributed by atoms with E-state index in [4.69, 9.17) is 4.74 Å². The Balaban J connectivity index is 1.55. The van der Waals surface area contributed by atoms with E-state index in [-0.39, 0.29) is 10.8 Å². The highest BCUT2D eigenvalue weighted by Crippen LogP contribution is 2.33. The van der Waals surface area contributed by atoms with E-state index in [0.29, 0.717) is 6.04 Å². The molecule has 0 spiro atoms. The average molecular weight is 349 g/mol. The number of amides is 2. The van der Waals surface area contributed by atoms with Crippen molar-refractivity contribution in [2.24, 2.45) is 0 Å². The second-order valence-corrected chi connectivity index (χ2v) is 8.11. The summed E-state index contributed by atoms with van der Waals surface area (Å²) >= 11 is 1.87. The van der Waals surface area contributed by atoms with Gasteiger partial charge >= 0.3 is 6.03 Å². The predicted octanol–water partition coefficient (Wildman–Crippen LogP) is 3.32. The van der Waals surface area contributed by atoms with Crippen molar-refractivity contribution in [2.75, 3.05) is 32.6 Å². The lowest BCUT2D eigenvalue weighted by atomic mass is 9.99. The van der Waals surface area contributed by atoms with Crippen LogP contribution in [0, 0.1) is 0 Å². The van der Waals surface area contributed by atoms with Gasteiger partial charge in [-0.25, -0.2) is 4.79 Å². The van der Waals surface area contributed by atoms with E-state index >= 15 is 0 Å². The fourth-order valence-corrected chi connectivity index (χ4v) is 4.53. The van der Waals surface area contributed by atoms with E-state index in [1.807, 2.05) is 22.7 Å². The molecule has 0 unspecified atom stereocenters. The lowest BCUT2D eigenvalue weighted by Gasteiger charge is -2.36. The molecule has 0 aliphatic carbocycles. The Hall–Kier alpha value is -1.20. The third-order valence-electron chi connectivity index (χ3n) is 5.35. The molecule has 3 rings (SSSR count). The summed E-state index contributed by atoms with van der Waals surface area (Å²) in [6.45, 7) is 3.22. The molecule has 1 aromatic carbocycles. The maximum Gasteiger partial charge on any atom is 0.317 e. The van der Waals surface area contributed by atoms with Crippen LogP contribution in [0.1, 0.15) is 31.2 Å². The molecule has 2 aliphatic heterocycles. The zero-order valence-electron chi connectivity index (χ0n) is 14.5. The van der Waals surface area contributed by atoms with Gasteiger partial charge < -0.3 is 15.0 Å². The molecule has 1 atom stereocenters. The lowest BCUT2D eigenvalue weighted by Crippen LogP contribution is -2.49. The summed E-state index contributed by atoms with van der Waals surface area (Å²) in [5.41, 5.74) is 1.31. The van der Waals surface area contributed by atoms with E-state index in [1.165, 1.54) is 5.56 Å². The summed E-state index contributed by atoms with van der Waals surface area (Å²) in [6.07, 6.45) is 7.33. The van der Waals surface area contributed by atoms with Gasteiger partial charge in [-0.2, -0.15) is 11.8 Å². The van der Waals surface area contributed by atoms with Gasteiger partial charge in [-0.15, -0.1) is 0 Å². The maximum atomic E-state index is 12.7. The van der Waals surface area contributed by atoms with Gasteiger partial charge in [-0.3, -0.25) is 0 Å². The molecular formula is C19H28N2O2S. The average Bonchev–Trinajstić information content (AvgIpc) is 3.09. The second-order valence-electron chi connectivity index (χ2n) is 6.84. The van der Waals surface area contributed by atoms with Crippen LogP contribution >= 0.6 is 11.8 Å². The first-order valence-corrected chi connectivity index (χ1v) is 10.2. The Morgan fingerprint density at radius 3 is 2.79 bits per heavy atom. The van der Waals surface area contributed by atoms with E-state index < -0.39 is 0 Å². The normalized spacial score (nSPS) is 23.2. The summed E-state index contributed by atoms with van der Waals surface area (Å²) < 4.78 is 5.62. The molecule has 0 saturated carbocycles. The molecule has 2 saturated heterocycles. The Morgan fingerprint density at radius 1 is 1.33 bits per heavy atom. The van der Waals surface area contributed by atoms with Crippen molar-refractivity contribution in [3.63, 3.8) is 0 Å². The number of urea groups is 1. The molecule has 132 valence electrons. The Bertz CT molecular complexity index is 531. The number of carbonyl (C=O) groups is 1. The largest absolute Gasteiger partial charge is 0.381 e. The minimum Gasteiger partial charge on any atom is -0.381 e. The van der Waals surface area contributed by atoms with Gasteiger partial charge in [-0.05, 0) is 43.9 Å². The van der Waals surface area contributed by atoms with Crippen molar-refractivity contribution in [1.29, 1.82) is 0 Å². The fraction of sp³-hybridized carbons (Fsp3) is 0.632. The van der Waals surface area contributed by atoms with Gasteiger partial charge in [0.05, 0.1) is 0 Å². The first-order valence-electron chi connectivity index (χ1n) is 8.94. The third-order valence-corrected chi connectivity index (χ3v) is 6.77. The van der Waals surface area contributed by atoms with Crippen molar-refractivity contribution < 1.29 is 9.53 Å². The van der Waals surface area contributed by atoms with Gasteiger partial charge in [0.15, 0.2) is 0 Å². The summed E-state index contributed by atoms with van der Waals surface area (Å²) in [5, 5.41) is 3.21. The van der Waals surface area contributed by atoms with Crippen molar-refractivity contribution in [3.05, 3.63) is 35.9 Å². The van der Waals surface area contributed by atoms with Crippen molar-refractivity contribution in [2.45, 2.75) is 42.9 Å². The molecule has 1 N–H and O–H groups in total. The second kappa shape index (κ2) is 8.26. The van der Waals surface area contributed by atoms with Crippen molar-refractivity contribution in [3.8, 4) is 0 Å². The van der Waals surface area contributed by atoms with Crippen LogP contribution in [-0.4, -0.2) is 54.3 Å². The lowest BCUT2D eigenvalue weighted by molar-refractivity contribution is 0.0771. The predicted molar refractivity (Wildman–Crippen MR) is 99.6 cm³/mol. The minimum absolute atomic E-state index is 0.105. The number of carbonyl (C=O) groups excluding carboxylic acids is 1. The molecule has 1 aromatic rings. The first-order chi connectivity index (χ1) is 11.7. The zero-order chi connectivity index (χ0) is 16.8. The highest BCUT2D eigenvalue weighted by Gasteiger charge is 2.34. The molecule has 2 heterocycles. The van der Waals surface area contributed by atoms with Gasteiger partial charge in [0.2, 0.25) is 0 Å². The number of nitrogens with one attached hydrogen (secondary N) is 1. The van der Waals surface area contributed by atoms with Gasteiger partial charge in [0.1, 0.15) is 0 Å². The van der Waals surface area contributed by atoms with Crippen LogP contribution in [0.5, 0.6) is 0 Å². The monoisotopic (exact) mass is 348 g/mol. The summed E-state index contributed by atoms with van der Waals surface area (Å²) in [5.74, 6) is 0. The highest BCUT2D eigenvalue weighted by molar-refractivity contribution is 8.00. The quantitative estimate of drug-likeness (QED) is 0.887. The highest BCUT2D eigenvalue weighted by atomic mass is 32.2. The van der Waals surface area contributed by atoms with E-state index in [0.717, 1.165) is 58.4 Å². The number of ether oxygens (including phenoxy) is 1. The zero-order valence-corrected chi connectivity index (χ0v) is 15.3. The number of hydrogen-bond donors (Lipinski definition) is 1. The van der Waals surface area contributed by atoms with Crippen molar-refractivity contribution >= 4 is 17.8 Å². The van der Waals surface area contributed by atoms with Crippen LogP contribution in [0.4, 0.5) is 4.79 Å².